The van der Waals surface area contributed by atoms with Gasteiger partial charge in [-0.25, -0.2) is 18.2 Å². The number of amides is 1. The van der Waals surface area contributed by atoms with Crippen molar-refractivity contribution in [1.29, 1.82) is 0 Å². The standard InChI is InChI=1S/C30H31F3N8O2S/c1-3-21(42)40-10-7-17(14-40)39(2)27-19-12-35-23(18-5-6-20(32)26-25(18)36-28(34)44-26)22(33)24(19)37-29(38-27)43-15-30-8-4-9-41(30)13-16(31)11-30/h3,5-6,12,16-17H,1,4,7-11,13-15H2,2H3,(H2,34,36)/t16-,17-,30+/m1/s1. The number of anilines is 2. The first-order valence-corrected chi connectivity index (χ1v) is 15.4. The highest BCUT2D eigenvalue weighted by Gasteiger charge is 2.49. The Balaban J connectivity index is 1.31. The molecule has 1 aromatic carbocycles. The SMILES string of the molecule is C=CC(=O)N1CC[C@@H](N(C)c2nc(OC[C@@]34CCCN3C[C@H](F)C4)nc3c(F)c(-c4ccc(F)c5sc(N)nc45)ncc23)C1. The number of hydrogen-bond donors (Lipinski definition) is 1. The van der Waals surface area contributed by atoms with Gasteiger partial charge in [0.05, 0.1) is 21.1 Å². The van der Waals surface area contributed by atoms with Gasteiger partial charge < -0.3 is 20.3 Å². The number of ether oxygens (including phenoxy) is 1. The monoisotopic (exact) mass is 624 g/mol. The third-order valence-electron chi connectivity index (χ3n) is 9.17. The second-order valence-electron chi connectivity index (χ2n) is 11.7. The lowest BCUT2D eigenvalue weighted by Crippen LogP contribution is -2.43. The van der Waals surface area contributed by atoms with Gasteiger partial charge in [-0.1, -0.05) is 17.9 Å². The predicted octanol–water partition coefficient (Wildman–Crippen LogP) is 4.34. The first-order valence-electron chi connectivity index (χ1n) is 14.5. The number of nitrogens with two attached hydrogens (primary N) is 1. The number of likely N-dealkylation sites (N-methyl/N-ethyl adjacent to an activating group) is 1. The minimum Gasteiger partial charge on any atom is -0.461 e. The number of benzene rings is 1. The van der Waals surface area contributed by atoms with Gasteiger partial charge in [0.15, 0.2) is 10.9 Å². The molecule has 44 heavy (non-hydrogen) atoms. The summed E-state index contributed by atoms with van der Waals surface area (Å²) in [6.07, 6.45) is 4.61. The number of nitrogens with zero attached hydrogens (tertiary/aromatic N) is 7. The lowest BCUT2D eigenvalue weighted by molar-refractivity contribution is -0.125. The van der Waals surface area contributed by atoms with Gasteiger partial charge in [-0.3, -0.25) is 14.7 Å². The van der Waals surface area contributed by atoms with Crippen LogP contribution >= 0.6 is 11.3 Å². The highest BCUT2D eigenvalue weighted by atomic mass is 32.1. The number of thiazole rings is 1. The molecule has 1 amide bonds. The molecular formula is C30H31F3N8O2S. The molecule has 3 aromatic heterocycles. The van der Waals surface area contributed by atoms with E-state index < -0.39 is 23.3 Å². The molecule has 3 atom stereocenters. The Morgan fingerprint density at radius 3 is 2.91 bits per heavy atom. The van der Waals surface area contributed by atoms with Crippen LogP contribution in [0.15, 0.2) is 31.0 Å². The number of fused-ring (bicyclic) bond motifs is 3. The van der Waals surface area contributed by atoms with Crippen LogP contribution in [0.3, 0.4) is 0 Å². The van der Waals surface area contributed by atoms with Gasteiger partial charge in [0.25, 0.3) is 0 Å². The van der Waals surface area contributed by atoms with Crippen molar-refractivity contribution in [2.45, 2.75) is 43.4 Å². The summed E-state index contributed by atoms with van der Waals surface area (Å²) < 4.78 is 51.8. The maximum absolute atomic E-state index is 16.5. The zero-order valence-corrected chi connectivity index (χ0v) is 24.9. The molecule has 3 saturated heterocycles. The fraction of sp³-hybridized carbons (Fsp3) is 0.433. The van der Waals surface area contributed by atoms with Gasteiger partial charge in [-0.05, 0) is 44.0 Å². The molecule has 4 aromatic rings. The van der Waals surface area contributed by atoms with Crippen LogP contribution in [-0.4, -0.2) is 93.2 Å². The van der Waals surface area contributed by atoms with Crippen molar-refractivity contribution >= 4 is 49.3 Å². The van der Waals surface area contributed by atoms with E-state index in [4.69, 9.17) is 15.5 Å². The number of nitrogen functional groups attached to an aromatic ring is 1. The lowest BCUT2D eigenvalue weighted by atomic mass is 9.95. The number of carbonyl (C=O) groups is 1. The highest BCUT2D eigenvalue weighted by molar-refractivity contribution is 7.22. The molecule has 3 fully saturated rings. The van der Waals surface area contributed by atoms with Gasteiger partial charge >= 0.3 is 6.01 Å². The fourth-order valence-corrected chi connectivity index (χ4v) is 7.70. The molecule has 2 N–H and O–H groups in total. The van der Waals surface area contributed by atoms with Crippen molar-refractivity contribution < 1.29 is 22.7 Å². The first kappa shape index (κ1) is 28.7. The average Bonchev–Trinajstić information content (AvgIpc) is 3.79. The van der Waals surface area contributed by atoms with Gasteiger partial charge in [-0.2, -0.15) is 9.97 Å². The number of hydrogen-bond acceptors (Lipinski definition) is 10. The fourth-order valence-electron chi connectivity index (χ4n) is 6.93. The summed E-state index contributed by atoms with van der Waals surface area (Å²) >= 11 is 0.974. The highest BCUT2D eigenvalue weighted by Crippen LogP contribution is 2.41. The van der Waals surface area contributed by atoms with Crippen LogP contribution in [0.25, 0.3) is 32.4 Å². The van der Waals surface area contributed by atoms with Gasteiger partial charge in [-0.15, -0.1) is 0 Å². The molecule has 3 aliphatic heterocycles. The molecule has 7 rings (SSSR count). The van der Waals surface area contributed by atoms with E-state index in [1.54, 1.807) is 4.90 Å². The predicted molar refractivity (Wildman–Crippen MR) is 162 cm³/mol. The normalized spacial score (nSPS) is 23.5. The maximum Gasteiger partial charge on any atom is 0.319 e. The second-order valence-corrected chi connectivity index (χ2v) is 12.8. The molecule has 14 heteroatoms. The summed E-state index contributed by atoms with van der Waals surface area (Å²) in [4.78, 5) is 35.8. The van der Waals surface area contributed by atoms with Crippen molar-refractivity contribution in [2.24, 2.45) is 0 Å². The molecule has 6 heterocycles. The molecule has 0 unspecified atom stereocenters. The van der Waals surface area contributed by atoms with E-state index in [0.29, 0.717) is 43.7 Å². The van der Waals surface area contributed by atoms with Crippen LogP contribution in [0, 0.1) is 11.6 Å². The topological polar surface area (TPSA) is 114 Å². The Bertz CT molecular complexity index is 1800. The zero-order chi connectivity index (χ0) is 30.7. The molecule has 3 aliphatic rings. The van der Waals surface area contributed by atoms with Crippen molar-refractivity contribution in [2.75, 3.05) is 50.5 Å². The summed E-state index contributed by atoms with van der Waals surface area (Å²) in [6.45, 7) is 5.90. The summed E-state index contributed by atoms with van der Waals surface area (Å²) in [5, 5.41) is 0.494. The molecule has 0 aliphatic carbocycles. The van der Waals surface area contributed by atoms with Crippen molar-refractivity contribution in [3.05, 3.63) is 42.6 Å². The Labute approximate surface area is 255 Å². The van der Waals surface area contributed by atoms with Crippen molar-refractivity contribution in [3.8, 4) is 17.3 Å². The third kappa shape index (κ3) is 4.71. The Morgan fingerprint density at radius 2 is 2.09 bits per heavy atom. The number of aromatic nitrogens is 4. The minimum atomic E-state index is -0.930. The molecule has 10 nitrogen and oxygen atoms in total. The molecule has 0 radical (unpaired) electrons. The van der Waals surface area contributed by atoms with Crippen LogP contribution in [0.1, 0.15) is 25.7 Å². The van der Waals surface area contributed by atoms with Crippen LogP contribution in [0.2, 0.25) is 0 Å². The summed E-state index contributed by atoms with van der Waals surface area (Å²) in [5.74, 6) is -1.03. The van der Waals surface area contributed by atoms with E-state index in [-0.39, 0.29) is 56.7 Å². The number of carbonyl (C=O) groups excluding carboxylic acids is 1. The largest absolute Gasteiger partial charge is 0.461 e. The molecule has 0 spiro atoms. The Hall–Kier alpha value is -4.04. The van der Waals surface area contributed by atoms with Crippen LogP contribution in [-0.2, 0) is 4.79 Å². The van der Waals surface area contributed by atoms with Crippen LogP contribution in [0.4, 0.5) is 24.1 Å². The number of halogens is 3. The van der Waals surface area contributed by atoms with Crippen LogP contribution in [0.5, 0.6) is 6.01 Å². The number of pyridine rings is 1. The average molecular weight is 625 g/mol. The van der Waals surface area contributed by atoms with E-state index in [2.05, 4.69) is 26.4 Å². The van der Waals surface area contributed by atoms with Crippen molar-refractivity contribution in [1.82, 2.24) is 29.7 Å². The lowest BCUT2D eigenvalue weighted by Gasteiger charge is -2.31. The van der Waals surface area contributed by atoms with E-state index in [9.17, 15) is 13.6 Å². The summed E-state index contributed by atoms with van der Waals surface area (Å²) in [5.41, 5.74) is 5.80. The van der Waals surface area contributed by atoms with Gasteiger partial charge in [0.1, 0.15) is 35.6 Å². The molecule has 0 bridgehead atoms. The smallest absolute Gasteiger partial charge is 0.319 e. The zero-order valence-electron chi connectivity index (χ0n) is 24.1. The summed E-state index contributed by atoms with van der Waals surface area (Å²) in [7, 11) is 1.83. The Morgan fingerprint density at radius 1 is 1.25 bits per heavy atom. The maximum atomic E-state index is 16.5. The summed E-state index contributed by atoms with van der Waals surface area (Å²) in [6, 6.07) is 2.49. The third-order valence-corrected chi connectivity index (χ3v) is 10.1. The number of rotatable bonds is 7. The first-order chi connectivity index (χ1) is 21.2. The minimum absolute atomic E-state index is 0.0323. The van der Waals surface area contributed by atoms with Crippen LogP contribution < -0.4 is 15.4 Å². The van der Waals surface area contributed by atoms with Gasteiger partial charge in [0, 0.05) is 50.9 Å². The van der Waals surface area contributed by atoms with Gasteiger partial charge in [0.2, 0.25) is 5.91 Å². The Kier molecular flexibility index (Phi) is 7.08. The second kappa shape index (κ2) is 10.8. The molecule has 0 saturated carbocycles. The quantitative estimate of drug-likeness (QED) is 0.300. The van der Waals surface area contributed by atoms with E-state index in [1.165, 1.54) is 24.4 Å². The molecular weight excluding hydrogens is 593 g/mol. The number of alkyl halides is 1. The van der Waals surface area contributed by atoms with E-state index in [1.807, 2.05) is 11.9 Å². The van der Waals surface area contributed by atoms with Crippen molar-refractivity contribution in [3.63, 3.8) is 0 Å². The molecule has 230 valence electrons. The van der Waals surface area contributed by atoms with E-state index in [0.717, 1.165) is 30.7 Å². The number of likely N-dealkylation sites (tertiary alicyclic amines) is 1. The van der Waals surface area contributed by atoms with E-state index >= 15 is 4.39 Å².